The van der Waals surface area contributed by atoms with Crippen molar-refractivity contribution in [3.63, 3.8) is 0 Å². The number of hydrogen-bond acceptors (Lipinski definition) is 3. The summed E-state index contributed by atoms with van der Waals surface area (Å²) in [5.74, 6) is 1.58. The van der Waals surface area contributed by atoms with Gasteiger partial charge >= 0.3 is 6.03 Å². The summed E-state index contributed by atoms with van der Waals surface area (Å²) in [6, 6.07) is 5.72. The molecule has 2 bridgehead atoms. The van der Waals surface area contributed by atoms with Crippen molar-refractivity contribution >= 4 is 11.7 Å². The largest absolute Gasteiger partial charge is 0.495 e. The summed E-state index contributed by atoms with van der Waals surface area (Å²) in [6.45, 7) is 3.52. The smallest absolute Gasteiger partial charge is 0.321 e. The Labute approximate surface area is 129 Å². The van der Waals surface area contributed by atoms with Gasteiger partial charge in [0.15, 0.2) is 0 Å². The Morgan fingerprint density at radius 1 is 1.27 bits per heavy atom. The number of amides is 2. The summed E-state index contributed by atoms with van der Waals surface area (Å²) in [7, 11) is 1.62. The van der Waals surface area contributed by atoms with Crippen molar-refractivity contribution in [1.29, 1.82) is 0 Å². The molecule has 1 aromatic rings. The highest BCUT2D eigenvalue weighted by molar-refractivity contribution is 5.91. The molecule has 1 N–H and O–H groups in total. The second-order valence-electron chi connectivity index (χ2n) is 6.32. The molecule has 116 valence electrons. The minimum atomic E-state index is -0.0593. The molecule has 22 heavy (non-hydrogen) atoms. The Hall–Kier alpha value is -2.01. The van der Waals surface area contributed by atoms with Gasteiger partial charge in [0.1, 0.15) is 5.75 Å². The first-order valence-corrected chi connectivity index (χ1v) is 7.70. The van der Waals surface area contributed by atoms with Crippen LogP contribution in [-0.2, 0) is 4.74 Å². The SMILES string of the molecule is COc1cc(C)ccc1NC(=O)N1C[C@@H]2[C@@H](C1)[C@H]1C=C[C@H]2O1. The van der Waals surface area contributed by atoms with Gasteiger partial charge < -0.3 is 19.7 Å². The Bertz CT molecular complexity index is 623. The lowest BCUT2D eigenvalue weighted by molar-refractivity contribution is 0.0892. The topological polar surface area (TPSA) is 50.8 Å². The molecule has 3 aliphatic heterocycles. The number of carbonyl (C=O) groups is 1. The second-order valence-corrected chi connectivity index (χ2v) is 6.32. The normalized spacial score (nSPS) is 31.5. The number of hydrogen-bond donors (Lipinski definition) is 1. The van der Waals surface area contributed by atoms with Crippen molar-refractivity contribution < 1.29 is 14.3 Å². The van der Waals surface area contributed by atoms with Crippen LogP contribution in [0.4, 0.5) is 10.5 Å². The summed E-state index contributed by atoms with van der Waals surface area (Å²) in [4.78, 5) is 14.4. The van der Waals surface area contributed by atoms with Gasteiger partial charge in [-0.15, -0.1) is 0 Å². The first-order chi connectivity index (χ1) is 10.7. The Morgan fingerprint density at radius 3 is 2.59 bits per heavy atom. The van der Waals surface area contributed by atoms with Gasteiger partial charge in [0.05, 0.1) is 25.0 Å². The fourth-order valence-corrected chi connectivity index (χ4v) is 3.79. The molecule has 0 radical (unpaired) electrons. The summed E-state index contributed by atoms with van der Waals surface area (Å²) in [5, 5.41) is 2.97. The van der Waals surface area contributed by atoms with Gasteiger partial charge in [-0.05, 0) is 24.6 Å². The third kappa shape index (κ3) is 2.08. The summed E-state index contributed by atoms with van der Waals surface area (Å²) in [5.41, 5.74) is 1.82. The van der Waals surface area contributed by atoms with E-state index in [1.807, 2.05) is 30.0 Å². The minimum Gasteiger partial charge on any atom is -0.495 e. The number of aryl methyl sites for hydroxylation is 1. The number of carbonyl (C=O) groups excluding carboxylic acids is 1. The number of rotatable bonds is 2. The van der Waals surface area contributed by atoms with Gasteiger partial charge in [0, 0.05) is 24.9 Å². The number of methoxy groups -OCH3 is 1. The number of anilines is 1. The lowest BCUT2D eigenvalue weighted by Crippen LogP contribution is -2.35. The number of benzene rings is 1. The zero-order valence-corrected chi connectivity index (χ0v) is 12.8. The third-order valence-corrected chi connectivity index (χ3v) is 4.95. The standard InChI is InChI=1S/C17H20N2O3/c1-10-3-4-13(16(7-10)21-2)18-17(20)19-8-11-12(9-19)15-6-5-14(11)22-15/h3-7,11-12,14-15H,8-9H2,1-2H3,(H,18,20)/t11-,12-,14-,15-/m1/s1. The average Bonchev–Trinajstić information content (AvgIpc) is 3.21. The van der Waals surface area contributed by atoms with Gasteiger partial charge in [-0.2, -0.15) is 0 Å². The lowest BCUT2D eigenvalue weighted by Gasteiger charge is -2.20. The van der Waals surface area contributed by atoms with Crippen molar-refractivity contribution in [2.24, 2.45) is 11.8 Å². The van der Waals surface area contributed by atoms with Gasteiger partial charge in [-0.3, -0.25) is 0 Å². The summed E-state index contributed by atoms with van der Waals surface area (Å²) >= 11 is 0. The average molecular weight is 300 g/mol. The molecule has 4 rings (SSSR count). The molecule has 2 amide bonds. The van der Waals surface area contributed by atoms with Gasteiger partial charge in [0.2, 0.25) is 0 Å². The molecule has 0 aromatic heterocycles. The van der Waals surface area contributed by atoms with Crippen LogP contribution in [0.5, 0.6) is 5.75 Å². The number of urea groups is 1. The monoisotopic (exact) mass is 300 g/mol. The van der Waals surface area contributed by atoms with Crippen LogP contribution in [0.1, 0.15) is 5.56 Å². The number of ether oxygens (including phenoxy) is 2. The van der Waals surface area contributed by atoms with Gasteiger partial charge in [-0.1, -0.05) is 18.2 Å². The van der Waals surface area contributed by atoms with Crippen LogP contribution in [-0.4, -0.2) is 43.3 Å². The molecule has 3 heterocycles. The van der Waals surface area contributed by atoms with Crippen molar-refractivity contribution in [3.8, 4) is 5.75 Å². The van der Waals surface area contributed by atoms with Crippen molar-refractivity contribution in [2.45, 2.75) is 19.1 Å². The van der Waals surface area contributed by atoms with E-state index in [-0.39, 0.29) is 18.2 Å². The Morgan fingerprint density at radius 2 is 1.95 bits per heavy atom. The van der Waals surface area contributed by atoms with Crippen molar-refractivity contribution in [3.05, 3.63) is 35.9 Å². The third-order valence-electron chi connectivity index (χ3n) is 4.95. The van der Waals surface area contributed by atoms with Crippen LogP contribution in [0.3, 0.4) is 0 Å². The Balaban J connectivity index is 1.46. The lowest BCUT2D eigenvalue weighted by atomic mass is 9.86. The molecule has 2 saturated heterocycles. The van der Waals surface area contributed by atoms with Gasteiger partial charge in [0.25, 0.3) is 0 Å². The van der Waals surface area contributed by atoms with Crippen molar-refractivity contribution in [1.82, 2.24) is 4.90 Å². The number of likely N-dealkylation sites (tertiary alicyclic amines) is 1. The summed E-state index contributed by atoms with van der Waals surface area (Å²) in [6.07, 6.45) is 4.66. The zero-order chi connectivity index (χ0) is 15.3. The second kappa shape index (κ2) is 5.02. The van der Waals surface area contributed by atoms with E-state index < -0.39 is 0 Å². The maximum Gasteiger partial charge on any atom is 0.321 e. The van der Waals surface area contributed by atoms with E-state index in [0.717, 1.165) is 18.7 Å². The number of nitrogens with zero attached hydrogens (tertiary/aromatic N) is 1. The fraction of sp³-hybridized carbons (Fsp3) is 0.471. The highest BCUT2D eigenvalue weighted by atomic mass is 16.5. The molecule has 1 aromatic carbocycles. The fourth-order valence-electron chi connectivity index (χ4n) is 3.79. The molecule has 5 heteroatoms. The highest BCUT2D eigenvalue weighted by Crippen LogP contribution is 2.43. The number of nitrogens with one attached hydrogen (secondary N) is 1. The molecule has 0 spiro atoms. The maximum atomic E-state index is 12.5. The Kier molecular flexibility index (Phi) is 3.11. The molecule has 0 unspecified atom stereocenters. The predicted molar refractivity (Wildman–Crippen MR) is 83.1 cm³/mol. The van der Waals surface area contributed by atoms with Crippen LogP contribution >= 0.6 is 0 Å². The van der Waals surface area contributed by atoms with Crippen LogP contribution in [0.25, 0.3) is 0 Å². The molecule has 0 aliphatic carbocycles. The quantitative estimate of drug-likeness (QED) is 0.853. The first-order valence-electron chi connectivity index (χ1n) is 7.70. The van der Waals surface area contributed by atoms with E-state index in [2.05, 4.69) is 17.5 Å². The van der Waals surface area contributed by atoms with E-state index in [4.69, 9.17) is 9.47 Å². The molecule has 4 atom stereocenters. The molecule has 2 fully saturated rings. The molecule has 5 nitrogen and oxygen atoms in total. The molecule has 3 aliphatic rings. The summed E-state index contributed by atoms with van der Waals surface area (Å²) < 4.78 is 11.2. The van der Waals surface area contributed by atoms with Gasteiger partial charge in [-0.25, -0.2) is 4.79 Å². The van der Waals surface area contributed by atoms with E-state index in [0.29, 0.717) is 23.3 Å². The van der Waals surface area contributed by atoms with Crippen LogP contribution in [0, 0.1) is 18.8 Å². The van der Waals surface area contributed by atoms with Crippen LogP contribution in [0.2, 0.25) is 0 Å². The molecular formula is C17H20N2O3. The minimum absolute atomic E-state index is 0.0593. The first kappa shape index (κ1) is 13.6. The highest BCUT2D eigenvalue weighted by Gasteiger charge is 2.51. The van der Waals surface area contributed by atoms with E-state index in [1.54, 1.807) is 7.11 Å². The zero-order valence-electron chi connectivity index (χ0n) is 12.8. The molecular weight excluding hydrogens is 280 g/mol. The number of fused-ring (bicyclic) bond motifs is 5. The maximum absolute atomic E-state index is 12.5. The van der Waals surface area contributed by atoms with Crippen molar-refractivity contribution in [2.75, 3.05) is 25.5 Å². The van der Waals surface area contributed by atoms with E-state index in [9.17, 15) is 4.79 Å². The van der Waals surface area contributed by atoms with E-state index >= 15 is 0 Å². The predicted octanol–water partition coefficient (Wildman–Crippen LogP) is 2.42. The van der Waals surface area contributed by atoms with E-state index in [1.165, 1.54) is 0 Å². The molecule has 0 saturated carbocycles. The van der Waals surface area contributed by atoms with Crippen LogP contribution in [0.15, 0.2) is 30.4 Å². The van der Waals surface area contributed by atoms with Crippen LogP contribution < -0.4 is 10.1 Å².